The Bertz CT molecular complexity index is 741. The second kappa shape index (κ2) is 6.44. The molecule has 6 nitrogen and oxygen atoms in total. The van der Waals surface area contributed by atoms with E-state index in [0.717, 1.165) is 11.1 Å². The number of carbonyl (C=O) groups is 2. The minimum absolute atomic E-state index is 0.0318. The van der Waals surface area contributed by atoms with Crippen LogP contribution in [0.2, 0.25) is 0 Å². The molecule has 0 amide bonds. The summed E-state index contributed by atoms with van der Waals surface area (Å²) >= 11 is 0. The smallest absolute Gasteiger partial charge is 0.355 e. The van der Waals surface area contributed by atoms with Gasteiger partial charge < -0.3 is 9.84 Å². The molecule has 2 aromatic rings. The summed E-state index contributed by atoms with van der Waals surface area (Å²) in [6.07, 6.45) is 1.24. The van der Waals surface area contributed by atoms with E-state index in [2.05, 4.69) is 9.97 Å². The zero-order valence-corrected chi connectivity index (χ0v) is 12.6. The number of nitrogens with zero attached hydrogens (tertiary/aromatic N) is 2. The van der Waals surface area contributed by atoms with Gasteiger partial charge in [-0.3, -0.25) is 4.79 Å². The molecule has 0 aliphatic heterocycles. The summed E-state index contributed by atoms with van der Waals surface area (Å²) in [5.74, 6) is -1.46. The van der Waals surface area contributed by atoms with E-state index in [1.165, 1.54) is 13.3 Å². The Kier molecular flexibility index (Phi) is 4.62. The van der Waals surface area contributed by atoms with Crippen molar-refractivity contribution in [3.05, 3.63) is 58.2 Å². The van der Waals surface area contributed by atoms with Crippen LogP contribution < -0.4 is 0 Å². The number of carboxylic acids is 1. The van der Waals surface area contributed by atoms with Crippen molar-refractivity contribution < 1.29 is 19.4 Å². The molecular weight excluding hydrogens is 284 g/mol. The minimum atomic E-state index is -1.27. The lowest BCUT2D eigenvalue weighted by Crippen LogP contribution is -2.15. The predicted molar refractivity (Wildman–Crippen MR) is 79.1 cm³/mol. The number of aryl methyl sites for hydroxylation is 2. The van der Waals surface area contributed by atoms with E-state index in [-0.39, 0.29) is 23.7 Å². The number of methoxy groups -OCH3 is 1. The molecule has 1 N–H and O–H groups in total. The standard InChI is InChI=1S/C16H16N2O4/c1-9-4-5-11(6-10(9)2)15(19)12-7-17-13(8-22-3)18-14(12)16(20)21/h4-7H,8H2,1-3H3,(H,20,21). The van der Waals surface area contributed by atoms with Crippen molar-refractivity contribution in [2.24, 2.45) is 0 Å². The van der Waals surface area contributed by atoms with Gasteiger partial charge in [0.15, 0.2) is 17.3 Å². The van der Waals surface area contributed by atoms with E-state index >= 15 is 0 Å². The van der Waals surface area contributed by atoms with Gasteiger partial charge in [-0.25, -0.2) is 14.8 Å². The van der Waals surface area contributed by atoms with Gasteiger partial charge in [-0.1, -0.05) is 12.1 Å². The van der Waals surface area contributed by atoms with Crippen molar-refractivity contribution >= 4 is 11.8 Å². The summed E-state index contributed by atoms with van der Waals surface area (Å²) < 4.78 is 4.87. The van der Waals surface area contributed by atoms with Crippen molar-refractivity contribution in [2.45, 2.75) is 20.5 Å². The molecule has 0 unspecified atom stereocenters. The number of rotatable bonds is 5. The monoisotopic (exact) mass is 300 g/mol. The first kappa shape index (κ1) is 15.8. The second-order valence-electron chi connectivity index (χ2n) is 4.91. The number of hydrogen-bond donors (Lipinski definition) is 1. The number of benzene rings is 1. The largest absolute Gasteiger partial charge is 0.476 e. The number of carboxylic acid groups (broad SMARTS) is 1. The van der Waals surface area contributed by atoms with Gasteiger partial charge in [0.25, 0.3) is 0 Å². The van der Waals surface area contributed by atoms with Gasteiger partial charge in [0.2, 0.25) is 0 Å². The van der Waals surface area contributed by atoms with Crippen molar-refractivity contribution in [3.8, 4) is 0 Å². The average molecular weight is 300 g/mol. The minimum Gasteiger partial charge on any atom is -0.476 e. The van der Waals surface area contributed by atoms with Crippen LogP contribution in [0.1, 0.15) is 43.4 Å². The van der Waals surface area contributed by atoms with E-state index in [0.29, 0.717) is 5.56 Å². The third-order valence-electron chi connectivity index (χ3n) is 3.33. The molecule has 0 spiro atoms. The molecular formula is C16H16N2O4. The molecule has 0 bridgehead atoms. The number of aromatic nitrogens is 2. The molecule has 1 aromatic carbocycles. The SMILES string of the molecule is COCc1ncc(C(=O)c2ccc(C)c(C)c2)c(C(=O)O)n1. The lowest BCUT2D eigenvalue weighted by atomic mass is 9.99. The Balaban J connectivity index is 2.48. The summed E-state index contributed by atoms with van der Waals surface area (Å²) in [5, 5.41) is 9.27. The molecule has 1 aromatic heterocycles. The van der Waals surface area contributed by atoms with Crippen LogP contribution in [0.5, 0.6) is 0 Å². The quantitative estimate of drug-likeness (QED) is 0.851. The number of ether oxygens (including phenoxy) is 1. The zero-order valence-electron chi connectivity index (χ0n) is 12.6. The van der Waals surface area contributed by atoms with Crippen molar-refractivity contribution in [2.75, 3.05) is 7.11 Å². The summed E-state index contributed by atoms with van der Waals surface area (Å²) in [4.78, 5) is 31.8. The molecule has 6 heteroatoms. The van der Waals surface area contributed by atoms with E-state index < -0.39 is 11.8 Å². The Morgan fingerprint density at radius 1 is 1.23 bits per heavy atom. The summed E-state index contributed by atoms with van der Waals surface area (Å²) in [5.41, 5.74) is 2.08. The highest BCUT2D eigenvalue weighted by atomic mass is 16.5. The maximum atomic E-state index is 12.5. The highest BCUT2D eigenvalue weighted by Gasteiger charge is 2.21. The maximum Gasteiger partial charge on any atom is 0.355 e. The van der Waals surface area contributed by atoms with E-state index in [1.54, 1.807) is 12.1 Å². The fraction of sp³-hybridized carbons (Fsp3) is 0.250. The van der Waals surface area contributed by atoms with E-state index in [9.17, 15) is 14.7 Å². The Morgan fingerprint density at radius 2 is 1.95 bits per heavy atom. The highest BCUT2D eigenvalue weighted by molar-refractivity contribution is 6.13. The van der Waals surface area contributed by atoms with Gasteiger partial charge in [0.1, 0.15) is 6.61 Å². The first-order chi connectivity index (χ1) is 10.4. The highest BCUT2D eigenvalue weighted by Crippen LogP contribution is 2.16. The van der Waals surface area contributed by atoms with Crippen LogP contribution in [0.3, 0.4) is 0 Å². The zero-order chi connectivity index (χ0) is 16.3. The normalized spacial score (nSPS) is 10.5. The predicted octanol–water partition coefficient (Wildman–Crippen LogP) is 2.17. The number of hydrogen-bond acceptors (Lipinski definition) is 5. The van der Waals surface area contributed by atoms with Crippen molar-refractivity contribution in [1.82, 2.24) is 9.97 Å². The van der Waals surface area contributed by atoms with Gasteiger partial charge in [-0.15, -0.1) is 0 Å². The molecule has 0 radical (unpaired) electrons. The molecule has 2 rings (SSSR count). The van der Waals surface area contributed by atoms with E-state index in [4.69, 9.17) is 4.74 Å². The van der Waals surface area contributed by atoms with Gasteiger partial charge >= 0.3 is 5.97 Å². The molecule has 0 fully saturated rings. The maximum absolute atomic E-state index is 12.5. The second-order valence-corrected chi connectivity index (χ2v) is 4.91. The third-order valence-corrected chi connectivity index (χ3v) is 3.33. The molecule has 0 saturated carbocycles. The van der Waals surface area contributed by atoms with Crippen LogP contribution in [0.25, 0.3) is 0 Å². The van der Waals surface area contributed by atoms with Crippen LogP contribution in [-0.4, -0.2) is 33.9 Å². The average Bonchev–Trinajstić information content (AvgIpc) is 2.49. The molecule has 22 heavy (non-hydrogen) atoms. The van der Waals surface area contributed by atoms with Crippen LogP contribution in [0.15, 0.2) is 24.4 Å². The molecule has 0 atom stereocenters. The van der Waals surface area contributed by atoms with E-state index in [1.807, 2.05) is 19.9 Å². The van der Waals surface area contributed by atoms with Crippen molar-refractivity contribution in [3.63, 3.8) is 0 Å². The molecule has 114 valence electrons. The van der Waals surface area contributed by atoms with Crippen molar-refractivity contribution in [1.29, 1.82) is 0 Å². The Labute approximate surface area is 127 Å². The van der Waals surface area contributed by atoms with Crippen LogP contribution in [-0.2, 0) is 11.3 Å². The number of ketones is 1. The van der Waals surface area contributed by atoms with Gasteiger partial charge in [-0.2, -0.15) is 0 Å². The summed E-state index contributed by atoms with van der Waals surface area (Å²) in [6.45, 7) is 3.91. The van der Waals surface area contributed by atoms with Crippen LogP contribution in [0, 0.1) is 13.8 Å². The fourth-order valence-corrected chi connectivity index (χ4v) is 1.98. The molecule has 0 aliphatic rings. The van der Waals surface area contributed by atoms with Crippen LogP contribution in [0.4, 0.5) is 0 Å². The Morgan fingerprint density at radius 3 is 2.55 bits per heavy atom. The summed E-state index contributed by atoms with van der Waals surface area (Å²) in [7, 11) is 1.46. The van der Waals surface area contributed by atoms with Crippen LogP contribution >= 0.6 is 0 Å². The number of carbonyl (C=O) groups excluding carboxylic acids is 1. The van der Waals surface area contributed by atoms with Gasteiger partial charge in [-0.05, 0) is 31.0 Å². The first-order valence-corrected chi connectivity index (χ1v) is 6.64. The lowest BCUT2D eigenvalue weighted by Gasteiger charge is -2.08. The fourth-order valence-electron chi connectivity index (χ4n) is 1.98. The lowest BCUT2D eigenvalue weighted by molar-refractivity contribution is 0.0684. The molecule has 0 aliphatic carbocycles. The third kappa shape index (κ3) is 3.17. The summed E-state index contributed by atoms with van der Waals surface area (Å²) in [6, 6.07) is 5.22. The molecule has 0 saturated heterocycles. The molecule has 1 heterocycles. The Hall–Kier alpha value is -2.60. The first-order valence-electron chi connectivity index (χ1n) is 6.64. The van der Waals surface area contributed by atoms with Gasteiger partial charge in [0.05, 0.1) is 5.56 Å². The topological polar surface area (TPSA) is 89.4 Å². The number of aromatic carboxylic acids is 1. The van der Waals surface area contributed by atoms with Gasteiger partial charge in [0, 0.05) is 18.9 Å².